The van der Waals surface area contributed by atoms with Crippen LogP contribution < -0.4 is 9.80 Å². The zero-order valence-electron chi connectivity index (χ0n) is 35.9. The summed E-state index contributed by atoms with van der Waals surface area (Å²) in [7, 11) is 0. The zero-order valence-corrected chi connectivity index (χ0v) is 35.9. The van der Waals surface area contributed by atoms with Gasteiger partial charge in [0.1, 0.15) is 11.6 Å². The van der Waals surface area contributed by atoms with Gasteiger partial charge in [-0.05, 0) is 175 Å². The van der Waals surface area contributed by atoms with Crippen molar-refractivity contribution < 1.29 is 8.78 Å². The van der Waals surface area contributed by atoms with E-state index in [1.54, 1.807) is 0 Å². The smallest absolute Gasteiger partial charge is 0.123 e. The molecule has 0 saturated heterocycles. The second kappa shape index (κ2) is 16.3. The van der Waals surface area contributed by atoms with Crippen LogP contribution in [0, 0.1) is 11.6 Å². The van der Waals surface area contributed by atoms with Gasteiger partial charge in [-0.2, -0.15) is 0 Å². The first kappa shape index (κ1) is 39.1. The third-order valence-electron chi connectivity index (χ3n) is 12.9. The van der Waals surface area contributed by atoms with Gasteiger partial charge in [0, 0.05) is 67.4 Å². The molecule has 4 nitrogen and oxygen atoms in total. The number of hydrogen-bond acceptors (Lipinski definition) is 2. The van der Waals surface area contributed by atoms with Crippen LogP contribution >= 0.6 is 0 Å². The van der Waals surface area contributed by atoms with Gasteiger partial charge in [-0.3, -0.25) is 0 Å². The number of halogens is 2. The van der Waals surface area contributed by atoms with E-state index in [1.165, 1.54) is 35.2 Å². The van der Waals surface area contributed by atoms with Crippen LogP contribution in [0.15, 0.2) is 224 Å². The molecule has 0 aliphatic heterocycles. The zero-order chi connectivity index (χ0) is 44.1. The highest BCUT2D eigenvalue weighted by Crippen LogP contribution is 2.43. The first-order chi connectivity index (χ1) is 32.6. The van der Waals surface area contributed by atoms with Crippen LogP contribution in [-0.2, 0) is 6.42 Å². The molecule has 9 aromatic carbocycles. The van der Waals surface area contributed by atoms with Crippen molar-refractivity contribution in [1.82, 2.24) is 9.13 Å². The van der Waals surface area contributed by atoms with Gasteiger partial charge in [-0.25, -0.2) is 8.78 Å². The molecule has 2 aromatic heterocycles. The highest BCUT2D eigenvalue weighted by Gasteiger charge is 2.22. The van der Waals surface area contributed by atoms with Crippen LogP contribution in [-0.4, -0.2) is 9.13 Å². The number of para-hydroxylation sites is 3. The average Bonchev–Trinajstić information content (AvgIpc) is 3.88. The van der Waals surface area contributed by atoms with E-state index in [1.807, 2.05) is 36.4 Å². The lowest BCUT2D eigenvalue weighted by Crippen LogP contribution is -2.10. The molecule has 0 fully saturated rings. The van der Waals surface area contributed by atoms with E-state index < -0.39 is 0 Å². The van der Waals surface area contributed by atoms with Crippen molar-refractivity contribution >= 4 is 72.9 Å². The fraction of sp³-hybridized carbons (Fsp3) is 0.0333. The van der Waals surface area contributed by atoms with Gasteiger partial charge in [0.15, 0.2) is 0 Å². The summed E-state index contributed by atoms with van der Waals surface area (Å²) in [6, 6.07) is 73.8. The summed E-state index contributed by atoms with van der Waals surface area (Å²) in [4.78, 5) is 4.62. The molecule has 0 unspecified atom stereocenters. The Kier molecular flexibility index (Phi) is 9.64. The molecule has 0 bridgehead atoms. The fourth-order valence-corrected chi connectivity index (χ4v) is 9.85. The molecule has 12 rings (SSSR count). The summed E-state index contributed by atoms with van der Waals surface area (Å²) in [5.41, 5.74) is 16.1. The SMILES string of the molecule is Fc1ccc(-n2c3c(c4cc(N(c5ccccc5)c5ccc(-c6ccc(N(c7ccccc7)c7ccc8c(c7)c7ccccc7n8-c7ccc(F)cc7)cc6)cc5)ccc42)CCC=C3)cc1. The van der Waals surface area contributed by atoms with Crippen LogP contribution in [0.25, 0.3) is 61.3 Å². The predicted octanol–water partition coefficient (Wildman–Crippen LogP) is 16.6. The lowest BCUT2D eigenvalue weighted by atomic mass is 10.00. The van der Waals surface area contributed by atoms with Crippen molar-refractivity contribution in [2.24, 2.45) is 0 Å². The molecule has 0 N–H and O–H groups in total. The maximum Gasteiger partial charge on any atom is 0.123 e. The Morgan fingerprint density at radius 3 is 1.36 bits per heavy atom. The molecule has 0 spiro atoms. The maximum absolute atomic E-state index is 14.0. The summed E-state index contributed by atoms with van der Waals surface area (Å²) in [5, 5.41) is 3.46. The number of hydrogen-bond donors (Lipinski definition) is 0. The van der Waals surface area contributed by atoms with Crippen molar-refractivity contribution in [2.45, 2.75) is 12.8 Å². The van der Waals surface area contributed by atoms with Gasteiger partial charge in [0.2, 0.25) is 0 Å². The van der Waals surface area contributed by atoms with Gasteiger partial charge in [0.25, 0.3) is 0 Å². The highest BCUT2D eigenvalue weighted by atomic mass is 19.1. The van der Waals surface area contributed by atoms with Crippen LogP contribution in [0.1, 0.15) is 17.7 Å². The molecule has 1 aliphatic carbocycles. The van der Waals surface area contributed by atoms with Crippen molar-refractivity contribution in [3.63, 3.8) is 0 Å². The predicted molar refractivity (Wildman–Crippen MR) is 270 cm³/mol. The number of aryl methyl sites for hydroxylation is 1. The van der Waals surface area contributed by atoms with Crippen LogP contribution in [0.3, 0.4) is 0 Å². The number of rotatable bonds is 9. The molecule has 316 valence electrons. The Labute approximate surface area is 381 Å². The number of aromatic nitrogens is 2. The molecule has 6 heteroatoms. The first-order valence-corrected chi connectivity index (χ1v) is 22.4. The standard InChI is InChI=1S/C60H42F2N4/c61-43-23-31-49(32-24-43)65-57-17-9-7-15-53(57)55-39-51(35-37-59(55)65)63(45-11-3-1-4-12-45)47-27-19-41(20-28-47)42-21-29-48(30-22-42)64(46-13-5-2-6-14-46)52-36-38-60-56(40-52)54-16-8-10-18-58(54)66(60)50-33-25-44(62)26-34-50/h1-7,9-15,17-40H,8,16H2. The van der Waals surface area contributed by atoms with E-state index in [9.17, 15) is 8.78 Å². The Bertz CT molecular complexity index is 3570. The van der Waals surface area contributed by atoms with Crippen molar-refractivity contribution in [1.29, 1.82) is 0 Å². The van der Waals surface area contributed by atoms with E-state index in [4.69, 9.17) is 0 Å². The molecule has 11 aromatic rings. The molecule has 1 aliphatic rings. The quantitative estimate of drug-likeness (QED) is 0.144. The number of fused-ring (bicyclic) bond motifs is 6. The van der Waals surface area contributed by atoms with E-state index in [0.717, 1.165) is 102 Å². The van der Waals surface area contributed by atoms with E-state index in [2.05, 4.69) is 189 Å². The molecule has 0 atom stereocenters. The summed E-state index contributed by atoms with van der Waals surface area (Å²) in [6.07, 6.45) is 6.36. The van der Waals surface area contributed by atoms with Crippen molar-refractivity contribution in [3.05, 3.63) is 247 Å². The number of anilines is 6. The Hall–Kier alpha value is -8.48. The lowest BCUT2D eigenvalue weighted by Gasteiger charge is -2.26. The molecule has 0 radical (unpaired) electrons. The minimum Gasteiger partial charge on any atom is -0.310 e. The Morgan fingerprint density at radius 2 is 0.803 bits per heavy atom. The molecule has 0 saturated carbocycles. The lowest BCUT2D eigenvalue weighted by molar-refractivity contribution is 0.627. The highest BCUT2D eigenvalue weighted by molar-refractivity contribution is 6.10. The van der Waals surface area contributed by atoms with Gasteiger partial charge in [-0.15, -0.1) is 0 Å². The van der Waals surface area contributed by atoms with Crippen LogP contribution in [0.4, 0.5) is 42.9 Å². The van der Waals surface area contributed by atoms with Gasteiger partial charge >= 0.3 is 0 Å². The van der Waals surface area contributed by atoms with Crippen molar-refractivity contribution in [2.75, 3.05) is 9.80 Å². The van der Waals surface area contributed by atoms with Gasteiger partial charge in [0.05, 0.1) is 16.6 Å². The minimum absolute atomic E-state index is 0.241. The summed E-state index contributed by atoms with van der Waals surface area (Å²) in [6.45, 7) is 0. The van der Waals surface area contributed by atoms with Crippen molar-refractivity contribution in [3.8, 4) is 22.5 Å². The normalized spacial score (nSPS) is 12.2. The van der Waals surface area contributed by atoms with Gasteiger partial charge in [-0.1, -0.05) is 84.9 Å². The van der Waals surface area contributed by atoms with Gasteiger partial charge < -0.3 is 18.9 Å². The summed E-state index contributed by atoms with van der Waals surface area (Å²) in [5.74, 6) is -0.495. The van der Waals surface area contributed by atoms with E-state index in [-0.39, 0.29) is 11.6 Å². The van der Waals surface area contributed by atoms with Crippen LogP contribution in [0.5, 0.6) is 0 Å². The molecule has 2 heterocycles. The largest absolute Gasteiger partial charge is 0.310 e. The number of benzene rings is 9. The van der Waals surface area contributed by atoms with Crippen LogP contribution in [0.2, 0.25) is 0 Å². The van der Waals surface area contributed by atoms with E-state index >= 15 is 0 Å². The third kappa shape index (κ3) is 6.82. The maximum atomic E-state index is 14.0. The second-order valence-electron chi connectivity index (χ2n) is 16.8. The number of allylic oxidation sites excluding steroid dienone is 1. The molecule has 0 amide bonds. The first-order valence-electron chi connectivity index (χ1n) is 22.4. The average molecular weight is 857 g/mol. The third-order valence-corrected chi connectivity index (χ3v) is 12.9. The van der Waals surface area contributed by atoms with E-state index in [0.29, 0.717) is 0 Å². The monoisotopic (exact) mass is 856 g/mol. The fourth-order valence-electron chi connectivity index (χ4n) is 9.85. The summed E-state index contributed by atoms with van der Waals surface area (Å²) < 4.78 is 32.5. The number of nitrogens with zero attached hydrogens (tertiary/aromatic N) is 4. The Balaban J connectivity index is 0.894. The molecule has 66 heavy (non-hydrogen) atoms. The molecular weight excluding hydrogens is 815 g/mol. The second-order valence-corrected chi connectivity index (χ2v) is 16.8. The Morgan fingerprint density at radius 1 is 0.364 bits per heavy atom. The minimum atomic E-state index is -0.254. The molecular formula is C60H42F2N4. The topological polar surface area (TPSA) is 16.3 Å². The summed E-state index contributed by atoms with van der Waals surface area (Å²) >= 11 is 0.